The van der Waals surface area contributed by atoms with Gasteiger partial charge in [0.05, 0.1) is 13.2 Å². The van der Waals surface area contributed by atoms with Crippen LogP contribution < -0.4 is 0 Å². The fraction of sp³-hybridized carbons (Fsp3) is 1.00. The third-order valence-corrected chi connectivity index (χ3v) is 3.14. The molecule has 3 unspecified atom stereocenters. The van der Waals surface area contributed by atoms with Crippen LogP contribution in [-0.2, 0) is 4.74 Å². The van der Waals surface area contributed by atoms with Crippen LogP contribution in [-0.4, -0.2) is 37.7 Å². The van der Waals surface area contributed by atoms with Gasteiger partial charge in [0.2, 0.25) is 0 Å². The second-order valence-electron chi connectivity index (χ2n) is 4.03. The second kappa shape index (κ2) is 2.76. The largest absolute Gasteiger partial charge is 0.381 e. The Morgan fingerprint density at radius 1 is 1.36 bits per heavy atom. The summed E-state index contributed by atoms with van der Waals surface area (Å²) in [6, 6.07) is 0.809. The number of likely N-dealkylation sites (tertiary alicyclic amines) is 1. The van der Waals surface area contributed by atoms with Crippen molar-refractivity contribution in [2.45, 2.75) is 19.4 Å². The van der Waals surface area contributed by atoms with Crippen LogP contribution in [0.1, 0.15) is 13.3 Å². The zero-order valence-corrected chi connectivity index (χ0v) is 7.42. The van der Waals surface area contributed by atoms with Gasteiger partial charge in [0, 0.05) is 6.04 Å². The number of rotatable bonds is 0. The summed E-state index contributed by atoms with van der Waals surface area (Å²) >= 11 is 0. The molecule has 2 rings (SSSR count). The molecule has 0 aromatic rings. The van der Waals surface area contributed by atoms with Gasteiger partial charge < -0.3 is 9.64 Å². The zero-order chi connectivity index (χ0) is 7.84. The Morgan fingerprint density at radius 2 is 2.18 bits per heavy atom. The van der Waals surface area contributed by atoms with Crippen molar-refractivity contribution in [3.05, 3.63) is 0 Å². The minimum Gasteiger partial charge on any atom is -0.381 e. The highest BCUT2D eigenvalue weighted by Crippen LogP contribution is 2.32. The average Bonchev–Trinajstić information content (AvgIpc) is 2.34. The maximum absolute atomic E-state index is 5.52. The molecule has 0 amide bonds. The van der Waals surface area contributed by atoms with E-state index in [-0.39, 0.29) is 0 Å². The van der Waals surface area contributed by atoms with E-state index in [0.717, 1.165) is 31.1 Å². The van der Waals surface area contributed by atoms with Gasteiger partial charge in [-0.2, -0.15) is 0 Å². The average molecular weight is 155 g/mol. The molecule has 2 aliphatic heterocycles. The summed E-state index contributed by atoms with van der Waals surface area (Å²) < 4.78 is 5.52. The van der Waals surface area contributed by atoms with Crippen molar-refractivity contribution in [1.82, 2.24) is 4.90 Å². The first-order valence-electron chi connectivity index (χ1n) is 4.57. The second-order valence-corrected chi connectivity index (χ2v) is 4.03. The van der Waals surface area contributed by atoms with E-state index in [0.29, 0.717) is 0 Å². The fourth-order valence-corrected chi connectivity index (χ4v) is 2.63. The maximum atomic E-state index is 5.52. The van der Waals surface area contributed by atoms with E-state index in [4.69, 9.17) is 4.74 Å². The topological polar surface area (TPSA) is 12.5 Å². The molecule has 0 aromatic heterocycles. The van der Waals surface area contributed by atoms with Gasteiger partial charge in [0.25, 0.3) is 0 Å². The van der Waals surface area contributed by atoms with Crippen molar-refractivity contribution in [3.8, 4) is 0 Å². The van der Waals surface area contributed by atoms with Crippen molar-refractivity contribution in [2.24, 2.45) is 11.8 Å². The van der Waals surface area contributed by atoms with Crippen molar-refractivity contribution >= 4 is 0 Å². The van der Waals surface area contributed by atoms with Crippen LogP contribution in [0.5, 0.6) is 0 Å². The number of ether oxygens (including phenoxy) is 1. The highest BCUT2D eigenvalue weighted by atomic mass is 16.5. The molecule has 2 aliphatic rings. The quantitative estimate of drug-likeness (QED) is 0.517. The van der Waals surface area contributed by atoms with Crippen LogP contribution in [0.15, 0.2) is 0 Å². The van der Waals surface area contributed by atoms with Gasteiger partial charge in [-0.25, -0.2) is 0 Å². The molecule has 0 spiro atoms. The fourth-order valence-electron chi connectivity index (χ4n) is 2.63. The minimum absolute atomic E-state index is 0.737. The Kier molecular flexibility index (Phi) is 1.90. The van der Waals surface area contributed by atoms with E-state index < -0.39 is 0 Å². The highest BCUT2D eigenvalue weighted by molar-refractivity contribution is 4.90. The monoisotopic (exact) mass is 155 g/mol. The first-order chi connectivity index (χ1) is 5.29. The first kappa shape index (κ1) is 7.56. The predicted octanol–water partition coefficient (Wildman–Crippen LogP) is 0.973. The lowest BCUT2D eigenvalue weighted by Gasteiger charge is -2.34. The summed E-state index contributed by atoms with van der Waals surface area (Å²) in [5, 5.41) is 0. The lowest BCUT2D eigenvalue weighted by atomic mass is 9.89. The standard InChI is InChI=1S/C9H17NO/c1-7-5-11-6-8-3-4-10(2)9(7)8/h7-9H,3-6H2,1-2H3. The predicted molar refractivity (Wildman–Crippen MR) is 44.5 cm³/mol. The lowest BCUT2D eigenvalue weighted by molar-refractivity contribution is -0.0113. The summed E-state index contributed by atoms with van der Waals surface area (Å²) in [7, 11) is 2.24. The summed E-state index contributed by atoms with van der Waals surface area (Å²) in [4.78, 5) is 2.50. The Bertz CT molecular complexity index is 146. The zero-order valence-electron chi connectivity index (χ0n) is 7.42. The molecular weight excluding hydrogens is 138 g/mol. The van der Waals surface area contributed by atoms with Crippen LogP contribution >= 0.6 is 0 Å². The number of fused-ring (bicyclic) bond motifs is 1. The van der Waals surface area contributed by atoms with Gasteiger partial charge >= 0.3 is 0 Å². The van der Waals surface area contributed by atoms with E-state index >= 15 is 0 Å². The van der Waals surface area contributed by atoms with E-state index in [1.165, 1.54) is 13.0 Å². The van der Waals surface area contributed by atoms with Gasteiger partial charge in [0.1, 0.15) is 0 Å². The minimum atomic E-state index is 0.737. The Morgan fingerprint density at radius 3 is 2.91 bits per heavy atom. The molecule has 3 atom stereocenters. The van der Waals surface area contributed by atoms with E-state index in [9.17, 15) is 0 Å². The summed E-state index contributed by atoms with van der Waals surface area (Å²) in [6.07, 6.45) is 1.34. The molecule has 0 radical (unpaired) electrons. The molecule has 0 saturated carbocycles. The van der Waals surface area contributed by atoms with E-state index in [1.54, 1.807) is 0 Å². The molecule has 0 N–H and O–H groups in total. The number of hydrogen-bond donors (Lipinski definition) is 0. The Labute approximate surface area is 68.5 Å². The summed E-state index contributed by atoms with van der Waals surface area (Å²) in [5.41, 5.74) is 0. The third kappa shape index (κ3) is 1.18. The molecule has 0 aromatic carbocycles. The molecule has 0 bridgehead atoms. The van der Waals surface area contributed by atoms with Crippen molar-refractivity contribution in [3.63, 3.8) is 0 Å². The molecule has 2 heteroatoms. The molecule has 2 saturated heterocycles. The van der Waals surface area contributed by atoms with Gasteiger partial charge in [-0.15, -0.1) is 0 Å². The van der Waals surface area contributed by atoms with Gasteiger partial charge in [-0.05, 0) is 31.8 Å². The van der Waals surface area contributed by atoms with Crippen molar-refractivity contribution in [1.29, 1.82) is 0 Å². The molecular formula is C9H17NO. The van der Waals surface area contributed by atoms with Crippen LogP contribution in [0, 0.1) is 11.8 Å². The molecule has 64 valence electrons. The van der Waals surface area contributed by atoms with Crippen molar-refractivity contribution < 1.29 is 4.74 Å². The smallest absolute Gasteiger partial charge is 0.0509 e. The highest BCUT2D eigenvalue weighted by Gasteiger charge is 2.38. The summed E-state index contributed by atoms with van der Waals surface area (Å²) in [5.74, 6) is 1.56. The van der Waals surface area contributed by atoms with Crippen LogP contribution in [0.25, 0.3) is 0 Å². The van der Waals surface area contributed by atoms with Crippen LogP contribution in [0.4, 0.5) is 0 Å². The van der Waals surface area contributed by atoms with E-state index in [2.05, 4.69) is 18.9 Å². The van der Waals surface area contributed by atoms with E-state index in [1.807, 2.05) is 0 Å². The molecule has 0 aliphatic carbocycles. The Balaban J connectivity index is 2.08. The van der Waals surface area contributed by atoms with Gasteiger partial charge in [-0.3, -0.25) is 0 Å². The van der Waals surface area contributed by atoms with Crippen molar-refractivity contribution in [2.75, 3.05) is 26.8 Å². The first-order valence-corrected chi connectivity index (χ1v) is 4.57. The maximum Gasteiger partial charge on any atom is 0.0509 e. The normalized spacial score (nSPS) is 45.8. The molecule has 11 heavy (non-hydrogen) atoms. The third-order valence-electron chi connectivity index (χ3n) is 3.14. The van der Waals surface area contributed by atoms with Gasteiger partial charge in [0.15, 0.2) is 0 Å². The lowest BCUT2D eigenvalue weighted by Crippen LogP contribution is -2.42. The SMILES string of the molecule is CC1COCC2CCN(C)C12. The van der Waals surface area contributed by atoms with Crippen LogP contribution in [0.3, 0.4) is 0 Å². The molecule has 2 fully saturated rings. The molecule has 2 nitrogen and oxygen atoms in total. The number of hydrogen-bond acceptors (Lipinski definition) is 2. The number of nitrogens with zero attached hydrogens (tertiary/aromatic N) is 1. The molecule has 2 heterocycles. The van der Waals surface area contributed by atoms with Gasteiger partial charge in [-0.1, -0.05) is 6.92 Å². The van der Waals surface area contributed by atoms with Crippen LogP contribution in [0.2, 0.25) is 0 Å². The Hall–Kier alpha value is -0.0800. The summed E-state index contributed by atoms with van der Waals surface area (Å²) in [6.45, 7) is 5.53.